The minimum atomic E-state index is 0. The molecule has 1 heterocycles. The quantitative estimate of drug-likeness (QED) is 0.220. The summed E-state index contributed by atoms with van der Waals surface area (Å²) in [5.41, 5.74) is 2.24. The molecule has 1 aromatic heterocycles. The minimum Gasteiger partial charge on any atom is -0.493 e. The Morgan fingerprint density at radius 3 is 2.57 bits per heavy atom. The summed E-state index contributed by atoms with van der Waals surface area (Å²) in [5.74, 6) is 2.35. The van der Waals surface area contributed by atoms with Crippen LogP contribution in [-0.2, 0) is 13.0 Å². The monoisotopic (exact) mass is 544 g/mol. The molecule has 0 amide bonds. The average Bonchev–Trinajstić information content (AvgIpc) is 3.25. The van der Waals surface area contributed by atoms with E-state index in [1.54, 1.807) is 26.4 Å². The molecule has 1 fully saturated rings. The molecule has 1 aliphatic carbocycles. The number of guanidine groups is 1. The molecule has 0 unspecified atom stereocenters. The van der Waals surface area contributed by atoms with Gasteiger partial charge in [-0.1, -0.05) is 23.7 Å². The van der Waals surface area contributed by atoms with E-state index in [9.17, 15) is 0 Å². The molecule has 1 aromatic carbocycles. The van der Waals surface area contributed by atoms with Crippen molar-refractivity contribution in [2.24, 2.45) is 4.99 Å². The normalized spacial score (nSPS) is 14.2. The Bertz CT molecular complexity index is 811. The highest BCUT2D eigenvalue weighted by molar-refractivity contribution is 14.0. The summed E-state index contributed by atoms with van der Waals surface area (Å²) in [7, 11) is 3.44. The average molecular weight is 545 g/mol. The summed E-state index contributed by atoms with van der Waals surface area (Å²) < 4.78 is 11.6. The maximum absolute atomic E-state index is 6.18. The van der Waals surface area contributed by atoms with Crippen molar-refractivity contribution >= 4 is 41.5 Å². The van der Waals surface area contributed by atoms with E-state index in [1.807, 2.05) is 18.2 Å². The Kier molecular flexibility index (Phi) is 10.5. The number of aliphatic imine (C=N–C) groups is 1. The second-order valence-corrected chi connectivity index (χ2v) is 7.49. The van der Waals surface area contributed by atoms with Gasteiger partial charge in [0.05, 0.1) is 13.2 Å². The first-order valence-electron chi connectivity index (χ1n) is 10.1. The van der Waals surface area contributed by atoms with Crippen molar-refractivity contribution in [2.75, 3.05) is 20.7 Å². The second-order valence-electron chi connectivity index (χ2n) is 7.10. The zero-order valence-corrected chi connectivity index (χ0v) is 20.6. The van der Waals surface area contributed by atoms with Gasteiger partial charge in [-0.15, -0.1) is 24.0 Å². The first-order valence-corrected chi connectivity index (χ1v) is 10.4. The van der Waals surface area contributed by atoms with Crippen LogP contribution in [0.3, 0.4) is 0 Å². The summed E-state index contributed by atoms with van der Waals surface area (Å²) in [6.07, 6.45) is 7.64. The molecule has 0 saturated heterocycles. The number of nitrogens with one attached hydrogen (secondary N) is 2. The lowest BCUT2D eigenvalue weighted by molar-refractivity contribution is 0.200. The Hall–Kier alpha value is -1.74. The van der Waals surface area contributed by atoms with E-state index in [4.69, 9.17) is 21.1 Å². The molecule has 8 heteroatoms. The smallest absolute Gasteiger partial charge is 0.191 e. The number of rotatable bonds is 8. The highest BCUT2D eigenvalue weighted by atomic mass is 127. The van der Waals surface area contributed by atoms with Crippen LogP contribution in [0, 0.1) is 0 Å². The lowest BCUT2D eigenvalue weighted by Crippen LogP contribution is -2.37. The van der Waals surface area contributed by atoms with Crippen molar-refractivity contribution in [1.82, 2.24) is 15.6 Å². The first kappa shape index (κ1) is 24.5. The highest BCUT2D eigenvalue weighted by Gasteiger charge is 2.18. The van der Waals surface area contributed by atoms with Crippen molar-refractivity contribution in [1.29, 1.82) is 0 Å². The third-order valence-electron chi connectivity index (χ3n) is 5.00. The maximum Gasteiger partial charge on any atom is 0.191 e. The molecule has 0 atom stereocenters. The van der Waals surface area contributed by atoms with Crippen molar-refractivity contribution in [3.05, 3.63) is 52.8 Å². The molecule has 6 nitrogen and oxygen atoms in total. The van der Waals surface area contributed by atoms with Crippen LogP contribution in [0.4, 0.5) is 0 Å². The summed E-state index contributed by atoms with van der Waals surface area (Å²) >= 11 is 5.82. The zero-order chi connectivity index (χ0) is 20.5. The molecule has 0 aliphatic heterocycles. The molecule has 0 radical (unpaired) electrons. The van der Waals surface area contributed by atoms with E-state index in [-0.39, 0.29) is 24.0 Å². The van der Waals surface area contributed by atoms with Crippen LogP contribution in [0.25, 0.3) is 0 Å². The van der Waals surface area contributed by atoms with E-state index in [2.05, 4.69) is 26.7 Å². The lowest BCUT2D eigenvalue weighted by Gasteiger charge is -2.17. The number of hydrogen-bond acceptors (Lipinski definition) is 4. The maximum atomic E-state index is 6.18. The number of pyridine rings is 1. The SMILES string of the molecule is CN=C(NCCc1ccc(Cl)nc1)NCc1ccc(OC)c(OC2CCCC2)c1.I. The number of hydrogen-bond donors (Lipinski definition) is 2. The zero-order valence-electron chi connectivity index (χ0n) is 17.5. The van der Waals surface area contributed by atoms with Gasteiger partial charge >= 0.3 is 0 Å². The van der Waals surface area contributed by atoms with Crippen LogP contribution < -0.4 is 20.1 Å². The van der Waals surface area contributed by atoms with Crippen molar-refractivity contribution in [3.63, 3.8) is 0 Å². The third kappa shape index (κ3) is 7.50. The summed E-state index contributed by atoms with van der Waals surface area (Å²) in [6, 6.07) is 9.84. The van der Waals surface area contributed by atoms with E-state index in [0.29, 0.717) is 17.8 Å². The van der Waals surface area contributed by atoms with Crippen LogP contribution in [0.2, 0.25) is 5.15 Å². The number of halogens is 2. The Labute approximate surface area is 200 Å². The van der Waals surface area contributed by atoms with Gasteiger partial charge in [0.15, 0.2) is 17.5 Å². The van der Waals surface area contributed by atoms with Crippen molar-refractivity contribution < 1.29 is 9.47 Å². The van der Waals surface area contributed by atoms with Crippen LogP contribution in [0.5, 0.6) is 11.5 Å². The summed E-state index contributed by atoms with van der Waals surface area (Å²) in [5, 5.41) is 7.18. The van der Waals surface area contributed by atoms with E-state index in [0.717, 1.165) is 54.4 Å². The standard InChI is InChI=1S/C22H29ClN4O2.HI/c1-24-22(25-12-11-16-8-10-21(23)26-14-16)27-15-17-7-9-19(28-2)20(13-17)29-18-5-3-4-6-18;/h7-10,13-14,18H,3-6,11-12,15H2,1-2H3,(H2,24,25,27);1H. The molecule has 2 N–H and O–H groups in total. The van der Waals surface area contributed by atoms with Gasteiger partial charge in [-0.25, -0.2) is 4.98 Å². The fourth-order valence-corrected chi connectivity index (χ4v) is 3.51. The minimum absolute atomic E-state index is 0. The van der Waals surface area contributed by atoms with Gasteiger partial charge in [-0.2, -0.15) is 0 Å². The third-order valence-corrected chi connectivity index (χ3v) is 5.23. The molecule has 1 saturated carbocycles. The molecule has 3 rings (SSSR count). The summed E-state index contributed by atoms with van der Waals surface area (Å²) in [4.78, 5) is 8.39. The predicted octanol–water partition coefficient (Wildman–Crippen LogP) is 4.59. The van der Waals surface area contributed by atoms with Gasteiger partial charge in [-0.05, 0) is 61.4 Å². The van der Waals surface area contributed by atoms with Crippen molar-refractivity contribution in [3.8, 4) is 11.5 Å². The molecule has 2 aromatic rings. The van der Waals surface area contributed by atoms with Gasteiger partial charge in [0.1, 0.15) is 5.15 Å². The topological polar surface area (TPSA) is 67.8 Å². The summed E-state index contributed by atoms with van der Waals surface area (Å²) in [6.45, 7) is 1.40. The van der Waals surface area contributed by atoms with E-state index >= 15 is 0 Å². The molecule has 164 valence electrons. The van der Waals surface area contributed by atoms with Gasteiger partial charge in [0, 0.05) is 26.3 Å². The van der Waals surface area contributed by atoms with Crippen LogP contribution in [0.15, 0.2) is 41.5 Å². The van der Waals surface area contributed by atoms with Gasteiger partial charge < -0.3 is 20.1 Å². The highest BCUT2D eigenvalue weighted by Crippen LogP contribution is 2.32. The second kappa shape index (κ2) is 12.8. The molecular formula is C22H30ClIN4O2. The number of ether oxygens (including phenoxy) is 2. The van der Waals surface area contributed by atoms with Crippen LogP contribution in [-0.4, -0.2) is 37.7 Å². The van der Waals surface area contributed by atoms with Gasteiger partial charge in [0.2, 0.25) is 0 Å². The predicted molar refractivity (Wildman–Crippen MR) is 132 cm³/mol. The van der Waals surface area contributed by atoms with E-state index < -0.39 is 0 Å². The van der Waals surface area contributed by atoms with Crippen molar-refractivity contribution in [2.45, 2.75) is 44.8 Å². The number of methoxy groups -OCH3 is 1. The molecule has 0 spiro atoms. The molecule has 30 heavy (non-hydrogen) atoms. The number of benzene rings is 1. The number of aromatic nitrogens is 1. The molecular weight excluding hydrogens is 515 g/mol. The Balaban J connectivity index is 0.00000320. The fourth-order valence-electron chi connectivity index (χ4n) is 3.39. The molecule has 0 bridgehead atoms. The van der Waals surface area contributed by atoms with Gasteiger partial charge in [-0.3, -0.25) is 4.99 Å². The Morgan fingerprint density at radius 2 is 1.90 bits per heavy atom. The first-order chi connectivity index (χ1) is 14.2. The van der Waals surface area contributed by atoms with Crippen LogP contribution >= 0.6 is 35.6 Å². The number of nitrogens with zero attached hydrogens (tertiary/aromatic N) is 2. The molecule has 1 aliphatic rings. The lowest BCUT2D eigenvalue weighted by atomic mass is 10.2. The Morgan fingerprint density at radius 1 is 1.13 bits per heavy atom. The largest absolute Gasteiger partial charge is 0.493 e. The van der Waals surface area contributed by atoms with E-state index in [1.165, 1.54) is 12.8 Å². The van der Waals surface area contributed by atoms with Gasteiger partial charge in [0.25, 0.3) is 0 Å². The fraction of sp³-hybridized carbons (Fsp3) is 0.455. The van der Waals surface area contributed by atoms with Crippen LogP contribution in [0.1, 0.15) is 36.8 Å².